The first-order valence-electron chi connectivity index (χ1n) is 5.90. The molecule has 1 aromatic rings. The average Bonchev–Trinajstić information content (AvgIpc) is 2.61. The Morgan fingerprint density at radius 3 is 2.64 bits per heavy atom. The van der Waals surface area contributed by atoms with Gasteiger partial charge >= 0.3 is 13.5 Å². The fourth-order valence-corrected chi connectivity index (χ4v) is 2.37. The summed E-state index contributed by atoms with van der Waals surface area (Å²) >= 11 is 0. The summed E-state index contributed by atoms with van der Waals surface area (Å²) in [6, 6.07) is 0.942. The molecular formula is C9H14N3O9P. The quantitative estimate of drug-likeness (QED) is 0.297. The summed E-state index contributed by atoms with van der Waals surface area (Å²) in [5.74, 6) is -2.25. The highest BCUT2D eigenvalue weighted by molar-refractivity contribution is 7.46. The lowest BCUT2D eigenvalue weighted by Crippen LogP contribution is -2.57. The smallest absolute Gasteiger partial charge is 0.387 e. The maximum Gasteiger partial charge on any atom is 0.469 e. The summed E-state index contributed by atoms with van der Waals surface area (Å²) in [5.41, 5.74) is 4.04. The van der Waals surface area contributed by atoms with Crippen molar-refractivity contribution in [2.24, 2.45) is 5.73 Å². The van der Waals surface area contributed by atoms with Crippen molar-refractivity contribution in [3.8, 4) is 0 Å². The fourth-order valence-electron chi connectivity index (χ4n) is 2.02. The molecule has 13 heteroatoms. The molecule has 0 bridgehead atoms. The van der Waals surface area contributed by atoms with Gasteiger partial charge in [-0.1, -0.05) is 0 Å². The lowest BCUT2D eigenvalue weighted by Gasteiger charge is -2.28. The van der Waals surface area contributed by atoms with Gasteiger partial charge in [0.25, 0.3) is 5.56 Å². The molecule has 0 saturated carbocycles. The summed E-state index contributed by atoms with van der Waals surface area (Å²) in [4.78, 5) is 41.8. The summed E-state index contributed by atoms with van der Waals surface area (Å²) in [7, 11) is -4.82. The van der Waals surface area contributed by atoms with Crippen molar-refractivity contribution >= 4 is 7.82 Å². The van der Waals surface area contributed by atoms with Crippen LogP contribution in [-0.4, -0.2) is 54.5 Å². The van der Waals surface area contributed by atoms with Crippen LogP contribution in [0.2, 0.25) is 0 Å². The minimum atomic E-state index is -4.82. The molecule has 1 fully saturated rings. The molecule has 0 spiro atoms. The SMILES string of the molecule is N[C@@]1(n2ccc(=O)[nH]c2=O)O[C@H](COP(=O)(O)O)[C@@H](O)[C@H]1O. The number of hydrogen-bond acceptors (Lipinski definition) is 8. The Morgan fingerprint density at radius 1 is 1.45 bits per heavy atom. The molecule has 0 unspecified atom stereocenters. The summed E-state index contributed by atoms with van der Waals surface area (Å²) in [6.45, 7) is -0.778. The number of H-pyrrole nitrogens is 1. The van der Waals surface area contributed by atoms with Gasteiger partial charge in [0.1, 0.15) is 18.3 Å². The van der Waals surface area contributed by atoms with Crippen LogP contribution in [0.3, 0.4) is 0 Å². The third-order valence-electron chi connectivity index (χ3n) is 3.08. The Hall–Kier alpha value is -1.37. The van der Waals surface area contributed by atoms with E-state index >= 15 is 0 Å². The highest BCUT2D eigenvalue weighted by Gasteiger charge is 2.54. The monoisotopic (exact) mass is 339 g/mol. The predicted molar refractivity (Wildman–Crippen MR) is 68.4 cm³/mol. The zero-order valence-electron chi connectivity index (χ0n) is 10.9. The van der Waals surface area contributed by atoms with E-state index in [-0.39, 0.29) is 0 Å². The van der Waals surface area contributed by atoms with Gasteiger partial charge in [0, 0.05) is 12.3 Å². The summed E-state index contributed by atoms with van der Waals surface area (Å²) < 4.78 is 20.6. The van der Waals surface area contributed by atoms with Crippen molar-refractivity contribution in [1.29, 1.82) is 0 Å². The third-order valence-corrected chi connectivity index (χ3v) is 3.56. The number of nitrogens with zero attached hydrogens (tertiary/aromatic N) is 1. The molecule has 2 rings (SSSR count). The van der Waals surface area contributed by atoms with Crippen molar-refractivity contribution in [3.63, 3.8) is 0 Å². The van der Waals surface area contributed by atoms with Gasteiger partial charge in [-0.15, -0.1) is 0 Å². The topological polar surface area (TPSA) is 197 Å². The fraction of sp³-hybridized carbons (Fsp3) is 0.556. The number of rotatable bonds is 4. The highest BCUT2D eigenvalue weighted by Crippen LogP contribution is 2.38. The number of nitrogens with one attached hydrogen (secondary N) is 1. The van der Waals surface area contributed by atoms with Crippen molar-refractivity contribution in [2.45, 2.75) is 24.2 Å². The molecule has 22 heavy (non-hydrogen) atoms. The molecule has 0 aromatic carbocycles. The van der Waals surface area contributed by atoms with E-state index in [4.69, 9.17) is 20.3 Å². The molecule has 2 heterocycles. The number of aliphatic hydroxyl groups excluding tert-OH is 2. The molecular weight excluding hydrogens is 325 g/mol. The largest absolute Gasteiger partial charge is 0.469 e. The predicted octanol–water partition coefficient (Wildman–Crippen LogP) is -3.66. The Kier molecular flexibility index (Phi) is 4.39. The van der Waals surface area contributed by atoms with E-state index in [9.17, 15) is 24.4 Å². The minimum Gasteiger partial charge on any atom is -0.387 e. The number of hydrogen-bond donors (Lipinski definition) is 6. The first-order valence-corrected chi connectivity index (χ1v) is 7.43. The van der Waals surface area contributed by atoms with Gasteiger partial charge in [-0.05, 0) is 0 Å². The van der Waals surface area contributed by atoms with Crippen molar-refractivity contribution in [3.05, 3.63) is 33.1 Å². The van der Waals surface area contributed by atoms with E-state index in [1.54, 1.807) is 0 Å². The maximum atomic E-state index is 11.7. The number of phosphoric ester groups is 1. The number of ether oxygens (including phenoxy) is 1. The van der Waals surface area contributed by atoms with Crippen molar-refractivity contribution < 1.29 is 33.8 Å². The third kappa shape index (κ3) is 3.19. The standard InChI is InChI=1S/C9H14N3O9P/c10-9(12-2-1-5(13)11-8(12)16)7(15)6(14)4(21-9)3-20-22(17,18)19/h1-2,4,6-7,14-15H,3,10H2,(H,11,13,16)(H2,17,18,19)/t4-,6-,7-,9+/m1/s1. The zero-order chi connectivity index (χ0) is 16.7. The lowest BCUT2D eigenvalue weighted by molar-refractivity contribution is -0.145. The van der Waals surface area contributed by atoms with E-state index in [0.717, 1.165) is 12.3 Å². The Morgan fingerprint density at radius 2 is 2.09 bits per heavy atom. The highest BCUT2D eigenvalue weighted by atomic mass is 31.2. The van der Waals surface area contributed by atoms with Gasteiger partial charge in [0.05, 0.1) is 6.61 Å². The molecule has 12 nitrogen and oxygen atoms in total. The summed E-state index contributed by atoms with van der Waals surface area (Å²) in [5, 5.41) is 19.8. The number of aromatic nitrogens is 2. The van der Waals surface area contributed by atoms with Gasteiger partial charge in [0.15, 0.2) is 0 Å². The van der Waals surface area contributed by atoms with Crippen LogP contribution in [-0.2, 0) is 19.7 Å². The second-order valence-electron chi connectivity index (χ2n) is 4.61. The summed E-state index contributed by atoms with van der Waals surface area (Å²) in [6.07, 6.45) is -3.97. The number of aliphatic hydroxyl groups is 2. The molecule has 1 aliphatic rings. The van der Waals surface area contributed by atoms with Crippen LogP contribution in [0.4, 0.5) is 0 Å². The van der Waals surface area contributed by atoms with Crippen LogP contribution >= 0.6 is 7.82 Å². The molecule has 4 atom stereocenters. The Labute approximate surface area is 122 Å². The molecule has 1 aliphatic heterocycles. The van der Waals surface area contributed by atoms with E-state index in [1.165, 1.54) is 0 Å². The van der Waals surface area contributed by atoms with E-state index < -0.39 is 49.8 Å². The van der Waals surface area contributed by atoms with Gasteiger partial charge in [0.2, 0.25) is 5.85 Å². The van der Waals surface area contributed by atoms with Crippen LogP contribution in [0, 0.1) is 0 Å². The van der Waals surface area contributed by atoms with E-state index in [0.29, 0.717) is 4.57 Å². The molecule has 7 N–H and O–H groups in total. The second kappa shape index (κ2) is 5.68. The maximum absolute atomic E-state index is 11.7. The van der Waals surface area contributed by atoms with Gasteiger partial charge in [-0.2, -0.15) is 0 Å². The molecule has 0 radical (unpaired) electrons. The zero-order valence-corrected chi connectivity index (χ0v) is 11.8. The molecule has 0 aliphatic carbocycles. The Bertz CT molecular complexity index is 711. The first kappa shape index (κ1) is 17.0. The minimum absolute atomic E-state index is 0.639. The molecule has 1 aromatic heterocycles. The van der Waals surface area contributed by atoms with Crippen LogP contribution in [0.25, 0.3) is 0 Å². The van der Waals surface area contributed by atoms with Crippen LogP contribution in [0.5, 0.6) is 0 Å². The average molecular weight is 339 g/mol. The number of aromatic amines is 1. The Balaban J connectivity index is 2.30. The van der Waals surface area contributed by atoms with Gasteiger partial charge in [-0.25, -0.2) is 9.36 Å². The van der Waals surface area contributed by atoms with Crippen LogP contribution in [0.15, 0.2) is 21.9 Å². The normalized spacial score (nSPS) is 32.3. The number of phosphoric acid groups is 1. The van der Waals surface area contributed by atoms with Gasteiger partial charge < -0.3 is 24.7 Å². The molecule has 1 saturated heterocycles. The van der Waals surface area contributed by atoms with Crippen molar-refractivity contribution in [1.82, 2.24) is 9.55 Å². The van der Waals surface area contributed by atoms with Crippen molar-refractivity contribution in [2.75, 3.05) is 6.61 Å². The first-order chi connectivity index (χ1) is 10.0. The van der Waals surface area contributed by atoms with Gasteiger partial charge in [-0.3, -0.25) is 24.6 Å². The second-order valence-corrected chi connectivity index (χ2v) is 5.85. The van der Waals surface area contributed by atoms with Crippen LogP contribution < -0.4 is 17.0 Å². The molecule has 124 valence electrons. The molecule has 0 amide bonds. The van der Waals surface area contributed by atoms with Crippen LogP contribution in [0.1, 0.15) is 0 Å². The lowest BCUT2D eigenvalue weighted by atomic mass is 10.1. The van der Waals surface area contributed by atoms with E-state index in [2.05, 4.69) is 4.52 Å². The number of nitrogens with two attached hydrogens (primary N) is 1. The van der Waals surface area contributed by atoms with E-state index in [1.807, 2.05) is 4.98 Å².